The predicted molar refractivity (Wildman–Crippen MR) is 71.4 cm³/mol. The summed E-state index contributed by atoms with van der Waals surface area (Å²) < 4.78 is 0. The maximum absolute atomic E-state index is 12.6. The zero-order valence-electron chi connectivity index (χ0n) is 10.8. The number of rotatable bonds is 1. The van der Waals surface area contributed by atoms with Crippen molar-refractivity contribution in [1.82, 2.24) is 0 Å². The highest BCUT2D eigenvalue weighted by atomic mass is 16.2. The highest BCUT2D eigenvalue weighted by molar-refractivity contribution is 6.22. The summed E-state index contributed by atoms with van der Waals surface area (Å²) in [5.41, 5.74) is 0.737. The number of fused-ring (bicyclic) bond motifs is 3. The van der Waals surface area contributed by atoms with E-state index in [1.807, 2.05) is 30.3 Å². The van der Waals surface area contributed by atoms with Crippen LogP contribution in [0.4, 0.5) is 5.69 Å². The Kier molecular flexibility index (Phi) is 2.32. The summed E-state index contributed by atoms with van der Waals surface area (Å²) in [6.07, 6.45) is 4.51. The molecule has 3 heteroatoms. The van der Waals surface area contributed by atoms with Gasteiger partial charge >= 0.3 is 0 Å². The molecule has 1 aromatic rings. The zero-order chi connectivity index (χ0) is 13.0. The number of carbonyl (C=O) groups is 2. The van der Waals surface area contributed by atoms with Crippen LogP contribution < -0.4 is 4.90 Å². The lowest BCUT2D eigenvalue weighted by atomic mass is 9.89. The van der Waals surface area contributed by atoms with E-state index in [2.05, 4.69) is 0 Å². The Morgan fingerprint density at radius 3 is 2.58 bits per heavy atom. The molecule has 4 rings (SSSR count). The van der Waals surface area contributed by atoms with E-state index < -0.39 is 0 Å². The first-order chi connectivity index (χ1) is 9.27. The number of nitrogens with zero attached hydrogens (tertiary/aromatic N) is 1. The Balaban J connectivity index is 1.71. The lowest BCUT2D eigenvalue weighted by molar-refractivity contribution is -0.123. The van der Waals surface area contributed by atoms with Crippen LogP contribution in [0.3, 0.4) is 0 Å². The Bertz CT molecular complexity index is 539. The first kappa shape index (κ1) is 11.2. The Morgan fingerprint density at radius 1 is 1.00 bits per heavy atom. The topological polar surface area (TPSA) is 37.4 Å². The second kappa shape index (κ2) is 3.92. The van der Waals surface area contributed by atoms with Crippen LogP contribution in [0.1, 0.15) is 25.7 Å². The van der Waals surface area contributed by atoms with Crippen LogP contribution in [0.25, 0.3) is 0 Å². The van der Waals surface area contributed by atoms with E-state index in [0.717, 1.165) is 18.5 Å². The molecule has 1 saturated heterocycles. The van der Waals surface area contributed by atoms with Gasteiger partial charge in [0.1, 0.15) is 0 Å². The molecule has 3 fully saturated rings. The van der Waals surface area contributed by atoms with Crippen LogP contribution in [0.2, 0.25) is 0 Å². The summed E-state index contributed by atoms with van der Waals surface area (Å²) in [6, 6.07) is 9.36. The minimum Gasteiger partial charge on any atom is -0.274 e. The monoisotopic (exact) mass is 255 g/mol. The van der Waals surface area contributed by atoms with E-state index in [1.54, 1.807) is 0 Å². The quantitative estimate of drug-likeness (QED) is 0.723. The molecule has 2 aliphatic carbocycles. The number of benzene rings is 1. The summed E-state index contributed by atoms with van der Waals surface area (Å²) >= 11 is 0. The van der Waals surface area contributed by atoms with Gasteiger partial charge in [-0.15, -0.1) is 0 Å². The van der Waals surface area contributed by atoms with Crippen molar-refractivity contribution in [2.45, 2.75) is 25.7 Å². The molecule has 0 N–H and O–H groups in total. The van der Waals surface area contributed by atoms with Crippen molar-refractivity contribution in [3.05, 3.63) is 30.3 Å². The fourth-order valence-electron chi connectivity index (χ4n) is 4.47. The van der Waals surface area contributed by atoms with E-state index in [4.69, 9.17) is 0 Å². The summed E-state index contributed by atoms with van der Waals surface area (Å²) in [5, 5.41) is 0. The summed E-state index contributed by atoms with van der Waals surface area (Å²) in [5.74, 6) is 1.12. The summed E-state index contributed by atoms with van der Waals surface area (Å²) in [6.45, 7) is 0. The number of amides is 2. The molecule has 3 aliphatic rings. The Labute approximate surface area is 112 Å². The molecule has 4 atom stereocenters. The van der Waals surface area contributed by atoms with E-state index in [9.17, 15) is 9.59 Å². The number of anilines is 1. The van der Waals surface area contributed by atoms with Crippen LogP contribution in [-0.4, -0.2) is 11.8 Å². The van der Waals surface area contributed by atoms with Gasteiger partial charge in [0.2, 0.25) is 11.8 Å². The summed E-state index contributed by atoms with van der Waals surface area (Å²) in [4.78, 5) is 26.6. The number of imide groups is 1. The molecule has 3 nitrogen and oxygen atoms in total. The molecule has 2 saturated carbocycles. The van der Waals surface area contributed by atoms with E-state index in [-0.39, 0.29) is 23.7 Å². The third-order valence-corrected chi connectivity index (χ3v) is 5.23. The van der Waals surface area contributed by atoms with E-state index in [0.29, 0.717) is 11.8 Å². The van der Waals surface area contributed by atoms with Crippen molar-refractivity contribution >= 4 is 17.5 Å². The Hall–Kier alpha value is -1.64. The van der Waals surface area contributed by atoms with Gasteiger partial charge in [-0.2, -0.15) is 0 Å². The number of hydrogen-bond acceptors (Lipinski definition) is 2. The van der Waals surface area contributed by atoms with Crippen LogP contribution in [0.15, 0.2) is 30.3 Å². The normalized spacial score (nSPS) is 36.7. The number of carbonyl (C=O) groups excluding carboxylic acids is 2. The van der Waals surface area contributed by atoms with Crippen LogP contribution in [-0.2, 0) is 9.59 Å². The van der Waals surface area contributed by atoms with Crippen LogP contribution in [0.5, 0.6) is 0 Å². The van der Waals surface area contributed by atoms with Gasteiger partial charge < -0.3 is 0 Å². The smallest absolute Gasteiger partial charge is 0.237 e. The first-order valence-electron chi connectivity index (χ1n) is 7.20. The molecule has 0 aromatic heterocycles. The minimum atomic E-state index is -0.0389. The molecule has 1 aromatic carbocycles. The van der Waals surface area contributed by atoms with Crippen LogP contribution in [0, 0.1) is 23.7 Å². The molecular weight excluding hydrogens is 238 g/mol. The van der Waals surface area contributed by atoms with Crippen molar-refractivity contribution in [3.63, 3.8) is 0 Å². The SMILES string of the molecule is O=C1C2CC3CCCC3C2C(=O)N1c1ccccc1. The number of hydrogen-bond donors (Lipinski definition) is 0. The molecule has 0 bridgehead atoms. The van der Waals surface area contributed by atoms with Gasteiger partial charge in [-0.25, -0.2) is 0 Å². The third-order valence-electron chi connectivity index (χ3n) is 5.23. The lowest BCUT2D eigenvalue weighted by Gasteiger charge is -2.19. The Morgan fingerprint density at radius 2 is 1.79 bits per heavy atom. The molecule has 1 aliphatic heterocycles. The van der Waals surface area contributed by atoms with E-state index >= 15 is 0 Å². The van der Waals surface area contributed by atoms with E-state index in [1.165, 1.54) is 17.7 Å². The van der Waals surface area contributed by atoms with Crippen molar-refractivity contribution < 1.29 is 9.59 Å². The van der Waals surface area contributed by atoms with Gasteiger partial charge in [0.25, 0.3) is 0 Å². The largest absolute Gasteiger partial charge is 0.274 e. The highest BCUT2D eigenvalue weighted by Gasteiger charge is 2.58. The van der Waals surface area contributed by atoms with Crippen molar-refractivity contribution in [3.8, 4) is 0 Å². The fourth-order valence-corrected chi connectivity index (χ4v) is 4.47. The molecule has 19 heavy (non-hydrogen) atoms. The highest BCUT2D eigenvalue weighted by Crippen LogP contribution is 2.54. The number of para-hydroxylation sites is 1. The van der Waals surface area contributed by atoms with Crippen molar-refractivity contribution in [2.24, 2.45) is 23.7 Å². The fraction of sp³-hybridized carbons (Fsp3) is 0.500. The standard InChI is InChI=1S/C16H17NO2/c18-15-13-9-10-5-4-8-12(10)14(13)16(19)17(15)11-6-2-1-3-7-11/h1-3,6-7,10,12-14H,4-5,8-9H2. The minimum absolute atomic E-state index is 0.0276. The van der Waals surface area contributed by atoms with Gasteiger partial charge in [-0.05, 0) is 36.8 Å². The first-order valence-corrected chi connectivity index (χ1v) is 7.20. The molecule has 2 amide bonds. The summed E-state index contributed by atoms with van der Waals surface area (Å²) in [7, 11) is 0. The average Bonchev–Trinajstić information content (AvgIpc) is 3.04. The zero-order valence-corrected chi connectivity index (χ0v) is 10.8. The van der Waals surface area contributed by atoms with Crippen molar-refractivity contribution in [2.75, 3.05) is 4.90 Å². The second-order valence-electron chi connectivity index (χ2n) is 6.07. The maximum Gasteiger partial charge on any atom is 0.237 e. The maximum atomic E-state index is 12.6. The molecule has 1 heterocycles. The third kappa shape index (κ3) is 1.44. The molecular formula is C16H17NO2. The second-order valence-corrected chi connectivity index (χ2v) is 6.07. The van der Waals surface area contributed by atoms with Gasteiger partial charge in [0.15, 0.2) is 0 Å². The predicted octanol–water partition coefficient (Wildman–Crippen LogP) is 2.61. The average molecular weight is 255 g/mol. The van der Waals surface area contributed by atoms with Gasteiger partial charge in [-0.1, -0.05) is 31.0 Å². The molecule has 0 spiro atoms. The van der Waals surface area contributed by atoms with Gasteiger partial charge in [0, 0.05) is 0 Å². The molecule has 4 unspecified atom stereocenters. The molecule has 0 radical (unpaired) electrons. The van der Waals surface area contributed by atoms with Gasteiger partial charge in [0.05, 0.1) is 17.5 Å². The van der Waals surface area contributed by atoms with Crippen molar-refractivity contribution in [1.29, 1.82) is 0 Å². The lowest BCUT2D eigenvalue weighted by Crippen LogP contribution is -2.33. The van der Waals surface area contributed by atoms with Crippen LogP contribution >= 0.6 is 0 Å². The van der Waals surface area contributed by atoms with Gasteiger partial charge in [-0.3, -0.25) is 14.5 Å². The molecule has 98 valence electrons.